The molecule has 0 aliphatic heterocycles. The minimum absolute atomic E-state index is 0.0384. The Kier molecular flexibility index (Phi) is 4.40. The topological polar surface area (TPSA) is 26.3 Å². The van der Waals surface area contributed by atoms with E-state index >= 15 is 0 Å². The SMILES string of the molecule is CCCCCCC1(C(=O)OC(C)(C)C)CC1. The van der Waals surface area contributed by atoms with E-state index in [0.717, 1.165) is 19.3 Å². The lowest BCUT2D eigenvalue weighted by atomic mass is 9.97. The van der Waals surface area contributed by atoms with Crippen molar-refractivity contribution >= 4 is 5.97 Å². The fourth-order valence-electron chi connectivity index (χ4n) is 1.98. The van der Waals surface area contributed by atoms with E-state index < -0.39 is 0 Å². The van der Waals surface area contributed by atoms with Crippen molar-refractivity contribution in [1.82, 2.24) is 0 Å². The maximum Gasteiger partial charge on any atom is 0.312 e. The number of ether oxygens (including phenoxy) is 1. The quantitative estimate of drug-likeness (QED) is 0.504. The Balaban J connectivity index is 2.31. The number of hydrogen-bond donors (Lipinski definition) is 0. The summed E-state index contributed by atoms with van der Waals surface area (Å²) in [5.74, 6) is 0.0384. The minimum atomic E-state index is -0.337. The highest BCUT2D eigenvalue weighted by Crippen LogP contribution is 2.51. The zero-order valence-electron chi connectivity index (χ0n) is 11.3. The van der Waals surface area contributed by atoms with Crippen LogP contribution in [0.3, 0.4) is 0 Å². The lowest BCUT2D eigenvalue weighted by Gasteiger charge is -2.23. The third kappa shape index (κ3) is 4.15. The molecule has 0 N–H and O–H groups in total. The molecule has 0 spiro atoms. The molecule has 1 rings (SSSR count). The maximum absolute atomic E-state index is 12.0. The van der Waals surface area contributed by atoms with Gasteiger partial charge >= 0.3 is 5.97 Å². The molecule has 1 aliphatic rings. The molecule has 0 atom stereocenters. The maximum atomic E-state index is 12.0. The van der Waals surface area contributed by atoms with Crippen LogP contribution in [0.5, 0.6) is 0 Å². The van der Waals surface area contributed by atoms with Gasteiger partial charge in [0.05, 0.1) is 5.41 Å². The summed E-state index contributed by atoms with van der Waals surface area (Å²) in [6, 6.07) is 0. The van der Waals surface area contributed by atoms with Gasteiger partial charge in [-0.3, -0.25) is 4.79 Å². The van der Waals surface area contributed by atoms with E-state index in [0.29, 0.717) is 0 Å². The van der Waals surface area contributed by atoms with E-state index in [9.17, 15) is 4.79 Å². The molecule has 1 aliphatic carbocycles. The van der Waals surface area contributed by atoms with Gasteiger partial charge in [-0.05, 0) is 40.0 Å². The Labute approximate surface area is 99.8 Å². The van der Waals surface area contributed by atoms with Gasteiger partial charge in [0.25, 0.3) is 0 Å². The molecule has 2 nitrogen and oxygen atoms in total. The summed E-state index contributed by atoms with van der Waals surface area (Å²) in [6.45, 7) is 8.04. The molecular formula is C14H26O2. The van der Waals surface area contributed by atoms with Gasteiger partial charge in [0.15, 0.2) is 0 Å². The third-order valence-corrected chi connectivity index (χ3v) is 3.19. The van der Waals surface area contributed by atoms with Gasteiger partial charge in [0.1, 0.15) is 5.60 Å². The predicted molar refractivity (Wildman–Crippen MR) is 66.3 cm³/mol. The molecule has 94 valence electrons. The summed E-state index contributed by atoms with van der Waals surface area (Å²) < 4.78 is 5.48. The van der Waals surface area contributed by atoms with Crippen LogP contribution in [-0.4, -0.2) is 11.6 Å². The van der Waals surface area contributed by atoms with Crippen molar-refractivity contribution in [2.24, 2.45) is 5.41 Å². The van der Waals surface area contributed by atoms with E-state index in [1.807, 2.05) is 20.8 Å². The van der Waals surface area contributed by atoms with Crippen molar-refractivity contribution in [2.75, 3.05) is 0 Å². The van der Waals surface area contributed by atoms with Gasteiger partial charge in [-0.1, -0.05) is 32.6 Å². The van der Waals surface area contributed by atoms with Crippen molar-refractivity contribution in [3.63, 3.8) is 0 Å². The highest BCUT2D eigenvalue weighted by Gasteiger charge is 2.51. The smallest absolute Gasteiger partial charge is 0.312 e. The van der Waals surface area contributed by atoms with Gasteiger partial charge in [-0.2, -0.15) is 0 Å². The highest BCUT2D eigenvalue weighted by atomic mass is 16.6. The molecule has 16 heavy (non-hydrogen) atoms. The second-order valence-corrected chi connectivity index (χ2v) is 6.09. The molecule has 0 heterocycles. The largest absolute Gasteiger partial charge is 0.460 e. The van der Waals surface area contributed by atoms with Crippen molar-refractivity contribution in [3.05, 3.63) is 0 Å². The van der Waals surface area contributed by atoms with E-state index in [1.165, 1.54) is 25.7 Å². The monoisotopic (exact) mass is 226 g/mol. The predicted octanol–water partition coefficient (Wildman–Crippen LogP) is 4.08. The Morgan fingerprint density at radius 1 is 1.19 bits per heavy atom. The molecule has 0 aromatic carbocycles. The van der Waals surface area contributed by atoms with Crippen LogP contribution in [0.4, 0.5) is 0 Å². The lowest BCUT2D eigenvalue weighted by molar-refractivity contribution is -0.162. The summed E-state index contributed by atoms with van der Waals surface area (Å²) in [4.78, 5) is 12.0. The summed E-state index contributed by atoms with van der Waals surface area (Å²) in [6.07, 6.45) is 8.06. The summed E-state index contributed by atoms with van der Waals surface area (Å²) in [7, 11) is 0. The first-order valence-corrected chi connectivity index (χ1v) is 6.63. The summed E-state index contributed by atoms with van der Waals surface area (Å²) >= 11 is 0. The minimum Gasteiger partial charge on any atom is -0.460 e. The first kappa shape index (κ1) is 13.5. The zero-order chi connectivity index (χ0) is 12.2. The van der Waals surface area contributed by atoms with Crippen LogP contribution >= 0.6 is 0 Å². The van der Waals surface area contributed by atoms with Gasteiger partial charge in [-0.25, -0.2) is 0 Å². The van der Waals surface area contributed by atoms with Crippen LogP contribution in [0.1, 0.15) is 72.6 Å². The number of esters is 1. The summed E-state index contributed by atoms with van der Waals surface area (Å²) in [5.41, 5.74) is -0.433. The van der Waals surface area contributed by atoms with Crippen LogP contribution in [-0.2, 0) is 9.53 Å². The van der Waals surface area contributed by atoms with E-state index in [4.69, 9.17) is 4.74 Å². The van der Waals surface area contributed by atoms with Gasteiger partial charge in [0, 0.05) is 0 Å². The molecule has 0 unspecified atom stereocenters. The Bertz CT molecular complexity index is 234. The van der Waals surface area contributed by atoms with Crippen LogP contribution in [0.25, 0.3) is 0 Å². The van der Waals surface area contributed by atoms with E-state index in [-0.39, 0.29) is 17.0 Å². The first-order chi connectivity index (χ1) is 7.40. The van der Waals surface area contributed by atoms with Crippen molar-refractivity contribution < 1.29 is 9.53 Å². The highest BCUT2D eigenvalue weighted by molar-refractivity contribution is 5.80. The Morgan fingerprint density at radius 3 is 2.25 bits per heavy atom. The van der Waals surface area contributed by atoms with Crippen LogP contribution < -0.4 is 0 Å². The molecule has 2 heteroatoms. The number of unbranched alkanes of at least 4 members (excludes halogenated alkanes) is 3. The van der Waals surface area contributed by atoms with E-state index in [2.05, 4.69) is 6.92 Å². The molecule has 0 saturated heterocycles. The molecule has 0 aromatic heterocycles. The number of carbonyl (C=O) groups is 1. The molecule has 0 bridgehead atoms. The van der Waals surface area contributed by atoms with Gasteiger partial charge < -0.3 is 4.74 Å². The average molecular weight is 226 g/mol. The second kappa shape index (κ2) is 5.20. The molecule has 1 saturated carbocycles. The van der Waals surface area contributed by atoms with Gasteiger partial charge in [0.2, 0.25) is 0 Å². The van der Waals surface area contributed by atoms with E-state index in [1.54, 1.807) is 0 Å². The second-order valence-electron chi connectivity index (χ2n) is 6.09. The number of carbonyl (C=O) groups excluding carboxylic acids is 1. The Morgan fingerprint density at radius 2 is 1.81 bits per heavy atom. The number of rotatable bonds is 6. The molecule has 0 aromatic rings. The molecular weight excluding hydrogens is 200 g/mol. The number of hydrogen-bond acceptors (Lipinski definition) is 2. The zero-order valence-corrected chi connectivity index (χ0v) is 11.3. The molecule has 0 radical (unpaired) electrons. The van der Waals surface area contributed by atoms with Crippen molar-refractivity contribution in [1.29, 1.82) is 0 Å². The van der Waals surface area contributed by atoms with Gasteiger partial charge in [-0.15, -0.1) is 0 Å². The Hall–Kier alpha value is -0.530. The van der Waals surface area contributed by atoms with Crippen LogP contribution in [0, 0.1) is 5.41 Å². The fourth-order valence-corrected chi connectivity index (χ4v) is 1.98. The van der Waals surface area contributed by atoms with Crippen molar-refractivity contribution in [2.45, 2.75) is 78.2 Å². The lowest BCUT2D eigenvalue weighted by Crippen LogP contribution is -2.29. The molecule has 0 amide bonds. The fraction of sp³-hybridized carbons (Fsp3) is 0.929. The standard InChI is InChI=1S/C14H26O2/c1-5-6-7-8-9-14(10-11-14)12(15)16-13(2,3)4/h5-11H2,1-4H3. The molecule has 1 fully saturated rings. The summed E-state index contributed by atoms with van der Waals surface area (Å²) in [5, 5.41) is 0. The van der Waals surface area contributed by atoms with Crippen LogP contribution in [0.15, 0.2) is 0 Å². The average Bonchev–Trinajstić information content (AvgIpc) is 2.91. The van der Waals surface area contributed by atoms with Crippen LogP contribution in [0.2, 0.25) is 0 Å². The third-order valence-electron chi connectivity index (χ3n) is 3.19. The first-order valence-electron chi connectivity index (χ1n) is 6.63. The van der Waals surface area contributed by atoms with Crippen molar-refractivity contribution in [3.8, 4) is 0 Å². The normalized spacial score (nSPS) is 18.2.